The maximum absolute atomic E-state index is 2.34. The van der Waals surface area contributed by atoms with Gasteiger partial charge in [-0.1, -0.05) is 63.2 Å². The molecule has 21 heavy (non-hydrogen) atoms. The predicted molar refractivity (Wildman–Crippen MR) is 103 cm³/mol. The summed E-state index contributed by atoms with van der Waals surface area (Å²) in [6, 6.07) is 24.4. The summed E-state index contributed by atoms with van der Waals surface area (Å²) in [7, 11) is 0.824. The Bertz CT molecular complexity index is 944. The van der Waals surface area contributed by atoms with Gasteiger partial charge in [-0.05, 0) is 56.4 Å². The molecular formula is C19H16BrP. The molecule has 1 atom stereocenters. The van der Waals surface area contributed by atoms with Crippen molar-refractivity contribution in [1.29, 1.82) is 0 Å². The molecule has 4 aromatic carbocycles. The van der Waals surface area contributed by atoms with Crippen LogP contribution in [0.25, 0.3) is 32.3 Å². The number of fused-ring (bicyclic) bond motifs is 4. The monoisotopic (exact) mass is 354 g/mol. The van der Waals surface area contributed by atoms with Crippen molar-refractivity contribution in [3.63, 3.8) is 0 Å². The molecule has 0 amide bonds. The summed E-state index contributed by atoms with van der Waals surface area (Å²) in [5.41, 5.74) is 0. The first-order chi connectivity index (χ1) is 9.86. The fourth-order valence-corrected chi connectivity index (χ4v) is 3.80. The highest BCUT2D eigenvalue weighted by Crippen LogP contribution is 2.30. The second kappa shape index (κ2) is 5.75. The minimum atomic E-state index is 0. The van der Waals surface area contributed by atoms with Gasteiger partial charge in [0.15, 0.2) is 0 Å². The van der Waals surface area contributed by atoms with E-state index in [-0.39, 0.29) is 17.0 Å². The van der Waals surface area contributed by atoms with Crippen LogP contribution in [0.1, 0.15) is 0 Å². The molecule has 0 aromatic heterocycles. The topological polar surface area (TPSA) is 0 Å². The molecule has 0 saturated carbocycles. The summed E-state index contributed by atoms with van der Waals surface area (Å²) < 4.78 is 0. The highest BCUT2D eigenvalue weighted by Gasteiger charge is 2.05. The first kappa shape index (κ1) is 14.5. The molecule has 0 N–H and O–H groups in total. The summed E-state index contributed by atoms with van der Waals surface area (Å²) >= 11 is 0. The smallest absolute Gasteiger partial charge is 0.00309 e. The standard InChI is InChI=1S/C19H15P.BrH/c1-20-18-8-4-7-13-9-10-16-11-14-5-2-3-6-15(14)12-17(16)19(13)18;/h2-12,20H,1H3;1H. The van der Waals surface area contributed by atoms with Gasteiger partial charge in [0.05, 0.1) is 0 Å². The van der Waals surface area contributed by atoms with Gasteiger partial charge in [0.1, 0.15) is 0 Å². The minimum absolute atomic E-state index is 0. The zero-order valence-electron chi connectivity index (χ0n) is 11.8. The van der Waals surface area contributed by atoms with Crippen molar-refractivity contribution in [3.8, 4) is 0 Å². The van der Waals surface area contributed by atoms with E-state index < -0.39 is 0 Å². The highest BCUT2D eigenvalue weighted by atomic mass is 79.9. The van der Waals surface area contributed by atoms with Crippen LogP contribution in [0.4, 0.5) is 0 Å². The third-order valence-electron chi connectivity index (χ3n) is 4.00. The third-order valence-corrected chi connectivity index (χ3v) is 4.95. The van der Waals surface area contributed by atoms with Crippen LogP contribution in [-0.4, -0.2) is 6.66 Å². The van der Waals surface area contributed by atoms with Gasteiger partial charge < -0.3 is 0 Å². The molecule has 0 spiro atoms. The van der Waals surface area contributed by atoms with Crippen LogP contribution in [0, 0.1) is 0 Å². The van der Waals surface area contributed by atoms with Crippen LogP contribution in [-0.2, 0) is 0 Å². The molecule has 0 radical (unpaired) electrons. The van der Waals surface area contributed by atoms with Gasteiger partial charge in [0, 0.05) is 0 Å². The maximum atomic E-state index is 2.34. The molecule has 0 saturated heterocycles. The Morgan fingerprint density at radius 3 is 2.10 bits per heavy atom. The van der Waals surface area contributed by atoms with E-state index >= 15 is 0 Å². The maximum Gasteiger partial charge on any atom is -0.00309 e. The first-order valence-electron chi connectivity index (χ1n) is 6.89. The molecule has 4 aromatic rings. The molecule has 2 heteroatoms. The van der Waals surface area contributed by atoms with Gasteiger partial charge in [0.2, 0.25) is 0 Å². The van der Waals surface area contributed by atoms with Gasteiger partial charge in [-0.2, -0.15) is 0 Å². The van der Waals surface area contributed by atoms with Gasteiger partial charge in [0.25, 0.3) is 0 Å². The Kier molecular flexibility index (Phi) is 3.97. The summed E-state index contributed by atoms with van der Waals surface area (Å²) in [4.78, 5) is 0. The predicted octanol–water partition coefficient (Wildman–Crippen LogP) is 5.66. The van der Waals surface area contributed by atoms with Crippen LogP contribution < -0.4 is 5.30 Å². The molecule has 1 unspecified atom stereocenters. The van der Waals surface area contributed by atoms with Crippen LogP contribution >= 0.6 is 25.6 Å². The average molecular weight is 355 g/mol. The average Bonchev–Trinajstić information content (AvgIpc) is 2.52. The Morgan fingerprint density at radius 2 is 1.33 bits per heavy atom. The van der Waals surface area contributed by atoms with Crippen molar-refractivity contribution in [3.05, 3.63) is 66.7 Å². The lowest BCUT2D eigenvalue weighted by Gasteiger charge is -2.10. The number of halogens is 1. The van der Waals surface area contributed by atoms with E-state index in [0.717, 1.165) is 8.58 Å². The third kappa shape index (κ3) is 2.35. The molecule has 0 bridgehead atoms. The van der Waals surface area contributed by atoms with Crippen molar-refractivity contribution in [2.75, 3.05) is 6.66 Å². The molecule has 0 aliphatic rings. The fraction of sp³-hybridized carbons (Fsp3) is 0.0526. The van der Waals surface area contributed by atoms with Gasteiger partial charge >= 0.3 is 0 Å². The molecule has 0 aliphatic carbocycles. The number of hydrogen-bond donors (Lipinski definition) is 0. The van der Waals surface area contributed by atoms with Crippen LogP contribution in [0.5, 0.6) is 0 Å². The lowest BCUT2D eigenvalue weighted by molar-refractivity contribution is 1.79. The van der Waals surface area contributed by atoms with Crippen LogP contribution in [0.15, 0.2) is 66.7 Å². The normalized spacial score (nSPS) is 11.5. The Hall–Kier alpha value is -1.43. The van der Waals surface area contributed by atoms with E-state index in [0.29, 0.717) is 0 Å². The van der Waals surface area contributed by atoms with Crippen LogP contribution in [0.2, 0.25) is 0 Å². The molecule has 4 rings (SSSR count). The largest absolute Gasteiger partial charge is 0.114 e. The van der Waals surface area contributed by atoms with Crippen molar-refractivity contribution in [2.45, 2.75) is 0 Å². The molecule has 104 valence electrons. The Morgan fingerprint density at radius 1 is 0.667 bits per heavy atom. The second-order valence-corrected chi connectivity index (χ2v) is 6.18. The lowest BCUT2D eigenvalue weighted by Crippen LogP contribution is -1.96. The molecular weight excluding hydrogens is 339 g/mol. The fourth-order valence-electron chi connectivity index (χ4n) is 3.01. The number of rotatable bonds is 1. The first-order valence-corrected chi connectivity index (χ1v) is 8.39. The van der Waals surface area contributed by atoms with Gasteiger partial charge in [-0.3, -0.25) is 0 Å². The quantitative estimate of drug-likeness (QED) is 0.235. The minimum Gasteiger partial charge on any atom is -0.114 e. The molecule has 0 fully saturated rings. The summed E-state index contributed by atoms with van der Waals surface area (Å²) in [5, 5.41) is 9.59. The van der Waals surface area contributed by atoms with E-state index in [1.807, 2.05) is 0 Å². The van der Waals surface area contributed by atoms with E-state index in [2.05, 4.69) is 73.4 Å². The SMILES string of the molecule is Br.CPc1cccc2ccc3cc4ccccc4cc3c12. The van der Waals surface area contributed by atoms with Crippen molar-refractivity contribution in [1.82, 2.24) is 0 Å². The summed E-state index contributed by atoms with van der Waals surface area (Å²) in [5.74, 6) is 0. The van der Waals surface area contributed by atoms with Gasteiger partial charge in [-0.25, -0.2) is 0 Å². The van der Waals surface area contributed by atoms with Gasteiger partial charge in [-0.15, -0.1) is 17.0 Å². The summed E-state index contributed by atoms with van der Waals surface area (Å²) in [6.07, 6.45) is 0. The Labute approximate surface area is 136 Å². The van der Waals surface area contributed by atoms with Crippen molar-refractivity contribution < 1.29 is 0 Å². The van der Waals surface area contributed by atoms with Crippen LogP contribution in [0.3, 0.4) is 0 Å². The van der Waals surface area contributed by atoms with E-state index in [1.165, 1.54) is 37.6 Å². The van der Waals surface area contributed by atoms with Crippen molar-refractivity contribution in [2.24, 2.45) is 0 Å². The molecule has 0 aliphatic heterocycles. The Balaban J connectivity index is 0.00000132. The van der Waals surface area contributed by atoms with Crippen molar-refractivity contribution >= 4 is 63.2 Å². The number of hydrogen-bond acceptors (Lipinski definition) is 0. The zero-order valence-corrected chi connectivity index (χ0v) is 14.5. The zero-order chi connectivity index (χ0) is 13.5. The highest BCUT2D eigenvalue weighted by molar-refractivity contribution is 8.93. The second-order valence-electron chi connectivity index (χ2n) is 5.14. The molecule has 0 heterocycles. The lowest BCUT2D eigenvalue weighted by atomic mass is 9.98. The number of benzene rings is 4. The summed E-state index contributed by atoms with van der Waals surface area (Å²) in [6.45, 7) is 2.26. The van der Waals surface area contributed by atoms with E-state index in [9.17, 15) is 0 Å². The van der Waals surface area contributed by atoms with E-state index in [4.69, 9.17) is 0 Å². The van der Waals surface area contributed by atoms with E-state index in [1.54, 1.807) is 0 Å². The molecule has 0 nitrogen and oxygen atoms in total.